The Morgan fingerprint density at radius 2 is 1.80 bits per heavy atom. The normalized spacial score (nSPS) is 10.7. The van der Waals surface area contributed by atoms with Crippen LogP contribution in [0.4, 0.5) is 16.2 Å². The number of nitrogens with zero attached hydrogens (tertiary/aromatic N) is 5. The van der Waals surface area contributed by atoms with E-state index in [0.717, 1.165) is 11.3 Å². The highest BCUT2D eigenvalue weighted by Gasteiger charge is 2.20. The Labute approximate surface area is 258 Å². The van der Waals surface area contributed by atoms with Gasteiger partial charge in [0, 0.05) is 35.6 Å². The zero-order valence-electron chi connectivity index (χ0n) is 24.2. The van der Waals surface area contributed by atoms with Gasteiger partial charge in [0.05, 0.1) is 29.9 Å². The zero-order valence-corrected chi connectivity index (χ0v) is 25.0. The predicted octanol–water partition coefficient (Wildman–Crippen LogP) is 1.97. The van der Waals surface area contributed by atoms with Crippen LogP contribution in [0.25, 0.3) is 0 Å². The van der Waals surface area contributed by atoms with Gasteiger partial charge in [0.15, 0.2) is 6.07 Å². The van der Waals surface area contributed by atoms with E-state index in [0.29, 0.717) is 35.3 Å². The van der Waals surface area contributed by atoms with Crippen LogP contribution in [0, 0.1) is 16.5 Å². The van der Waals surface area contributed by atoms with Crippen molar-refractivity contribution in [2.24, 2.45) is 0 Å². The third-order valence-corrected chi connectivity index (χ3v) is 5.76. The number of nitrogens with one attached hydrogen (secondary N) is 2. The first kappa shape index (κ1) is 33.9. The summed E-state index contributed by atoms with van der Waals surface area (Å²) in [5.74, 6) is -0.289. The number of ether oxygens (including phenoxy) is 1. The number of anilines is 2. The van der Waals surface area contributed by atoms with Crippen LogP contribution in [0.2, 0.25) is 0 Å². The molecule has 0 spiro atoms. The van der Waals surface area contributed by atoms with Gasteiger partial charge in [-0.15, -0.1) is 0 Å². The molecule has 0 radical (unpaired) electrons. The van der Waals surface area contributed by atoms with Gasteiger partial charge in [0.1, 0.15) is 6.61 Å². The highest BCUT2D eigenvalue weighted by Crippen LogP contribution is 2.18. The van der Waals surface area contributed by atoms with E-state index in [9.17, 15) is 23.2 Å². The van der Waals surface area contributed by atoms with Crippen LogP contribution >= 0.6 is 0 Å². The molecule has 4 aromatic rings. The Balaban J connectivity index is 0.00000102. The largest absolute Gasteiger partial charge is 0.445 e. The molecule has 0 atom stereocenters. The van der Waals surface area contributed by atoms with Gasteiger partial charge in [-0.1, -0.05) is 30.3 Å². The molecule has 2 aromatic carbocycles. The summed E-state index contributed by atoms with van der Waals surface area (Å²) in [7, 11) is -1.88. The number of nitrogen functional groups attached to an aromatic ring is 1. The fourth-order valence-corrected chi connectivity index (χ4v) is 3.66. The molecule has 0 aliphatic carbocycles. The minimum atomic E-state index is -3.67. The third-order valence-electron chi connectivity index (χ3n) is 5.76. The summed E-state index contributed by atoms with van der Waals surface area (Å²) < 4.78 is 35.6. The predicted molar refractivity (Wildman–Crippen MR) is 159 cm³/mol. The number of carbonyl (C=O) groups excluding carboxylic acids is 2. The van der Waals surface area contributed by atoms with Crippen molar-refractivity contribution in [3.63, 3.8) is 0 Å². The second-order valence-corrected chi connectivity index (χ2v) is 11.0. The van der Waals surface area contributed by atoms with E-state index in [1.165, 1.54) is 0 Å². The lowest BCUT2D eigenvalue weighted by molar-refractivity contribution is -0.804. The van der Waals surface area contributed by atoms with Crippen molar-refractivity contribution in [1.82, 2.24) is 20.4 Å². The van der Waals surface area contributed by atoms with Gasteiger partial charge in [-0.2, -0.15) is 13.7 Å². The second-order valence-electron chi connectivity index (χ2n) is 9.57. The molecule has 17 heteroatoms. The van der Waals surface area contributed by atoms with Crippen molar-refractivity contribution in [3.8, 4) is 6.07 Å². The second kappa shape index (κ2) is 15.8. The first-order valence-corrected chi connectivity index (χ1v) is 14.9. The fourth-order valence-electron chi connectivity index (χ4n) is 3.66. The van der Waals surface area contributed by atoms with Crippen LogP contribution in [0.15, 0.2) is 71.5 Å². The summed E-state index contributed by atoms with van der Waals surface area (Å²) in [6.07, 6.45) is 1.72. The zero-order chi connectivity index (χ0) is 33.0. The number of hydrogen-bond donors (Lipinski definition) is 4. The van der Waals surface area contributed by atoms with Crippen molar-refractivity contribution in [1.29, 1.82) is 5.26 Å². The molecule has 2 heterocycles. The molecule has 0 aliphatic heterocycles. The third kappa shape index (κ3) is 11.6. The molecule has 0 saturated carbocycles. The van der Waals surface area contributed by atoms with Gasteiger partial charge in [0.2, 0.25) is 0 Å². The minimum Gasteiger partial charge on any atom is -0.445 e. The summed E-state index contributed by atoms with van der Waals surface area (Å²) in [6.45, 7) is 0.915. The highest BCUT2D eigenvalue weighted by atomic mass is 32.2. The quantitative estimate of drug-likeness (QED) is 0.110. The first-order valence-electron chi connectivity index (χ1n) is 13.0. The number of alkyl carbamates (subject to hydrolysis) is 1. The van der Waals surface area contributed by atoms with Crippen LogP contribution in [-0.4, -0.2) is 53.3 Å². The van der Waals surface area contributed by atoms with Crippen molar-refractivity contribution < 1.29 is 36.8 Å². The molecule has 2 amide bonds. The van der Waals surface area contributed by atoms with E-state index in [4.69, 9.17) is 20.3 Å². The van der Waals surface area contributed by atoms with E-state index in [1.807, 2.05) is 4.90 Å². The van der Waals surface area contributed by atoms with Crippen LogP contribution in [0.1, 0.15) is 38.6 Å². The summed E-state index contributed by atoms with van der Waals surface area (Å²) >= 11 is 0. The smallest absolute Gasteiger partial charge is 0.407 e. The number of aromatic nitrogens is 3. The number of hydrogen-bond acceptors (Lipinski definition) is 12. The van der Waals surface area contributed by atoms with Gasteiger partial charge in [-0.25, -0.2) is 4.79 Å². The SMILES string of the molecule is CN(Cc1ccc(COC(=O)NCc2ccc(C(=O)Nc3ccccc3N)cc2)cn1)Cc1no[n+]([O-])c1C#N.CS(=O)(=O)O. The van der Waals surface area contributed by atoms with Crippen molar-refractivity contribution in [2.75, 3.05) is 24.4 Å². The molecule has 45 heavy (non-hydrogen) atoms. The Bertz CT molecular complexity index is 1750. The number of nitriles is 1. The number of benzene rings is 2. The highest BCUT2D eigenvalue weighted by molar-refractivity contribution is 7.85. The van der Waals surface area contributed by atoms with Gasteiger partial charge < -0.3 is 26.3 Å². The number of nitrogens with two attached hydrogens (primary N) is 1. The molecule has 236 valence electrons. The van der Waals surface area contributed by atoms with E-state index >= 15 is 0 Å². The maximum Gasteiger partial charge on any atom is 0.407 e. The van der Waals surface area contributed by atoms with E-state index in [1.54, 1.807) is 80.0 Å². The van der Waals surface area contributed by atoms with Gasteiger partial charge in [0.25, 0.3) is 27.4 Å². The summed E-state index contributed by atoms with van der Waals surface area (Å²) in [4.78, 5) is 30.9. The Kier molecular flexibility index (Phi) is 11.9. The topological polar surface area (TPSA) is 241 Å². The number of para-hydroxylation sites is 2. The number of carbonyl (C=O) groups is 2. The Morgan fingerprint density at radius 3 is 2.42 bits per heavy atom. The van der Waals surface area contributed by atoms with E-state index < -0.39 is 16.2 Å². The Hall–Kier alpha value is -5.57. The van der Waals surface area contributed by atoms with Crippen LogP contribution < -0.4 is 21.3 Å². The lowest BCUT2D eigenvalue weighted by Gasteiger charge is -2.13. The number of rotatable bonds is 10. The molecule has 2 aromatic heterocycles. The average Bonchev–Trinajstić information content (AvgIpc) is 3.34. The van der Waals surface area contributed by atoms with Crippen molar-refractivity contribution >= 4 is 33.5 Å². The molecule has 16 nitrogen and oxygen atoms in total. The Morgan fingerprint density at radius 1 is 1.13 bits per heavy atom. The molecule has 4 rings (SSSR count). The molecule has 0 fully saturated rings. The fraction of sp³-hybridized carbons (Fsp3) is 0.214. The van der Waals surface area contributed by atoms with Gasteiger partial charge in [-0.05, 0) is 47.8 Å². The molecule has 0 aliphatic rings. The lowest BCUT2D eigenvalue weighted by Crippen LogP contribution is -2.27. The monoisotopic (exact) mass is 638 g/mol. The standard InChI is InChI=1S/C27H26N8O5.CH4O3S/c1-34(16-24-25(12-28)35(38)40-33-24)15-21-11-8-19(14-30-21)17-39-27(37)31-13-18-6-9-20(10-7-18)26(36)32-23-5-3-2-4-22(23)29;1-5(2,3)4/h2-11,14H,13,15-17,29H2,1H3,(H,31,37)(H,32,36);1H3,(H,2,3,4). The molecule has 0 bridgehead atoms. The first-order chi connectivity index (χ1) is 21.3. The summed E-state index contributed by atoms with van der Waals surface area (Å²) in [5.41, 5.74) is 9.62. The van der Waals surface area contributed by atoms with Crippen LogP contribution in [-0.2, 0) is 41.1 Å². The van der Waals surface area contributed by atoms with Crippen molar-refractivity contribution in [3.05, 3.63) is 106 Å². The maximum atomic E-state index is 12.4. The molecule has 0 unspecified atom stereocenters. The van der Waals surface area contributed by atoms with Crippen molar-refractivity contribution in [2.45, 2.75) is 26.2 Å². The minimum absolute atomic E-state index is 0.0324. The number of pyridine rings is 1. The van der Waals surface area contributed by atoms with Gasteiger partial charge in [-0.3, -0.25) is 23.9 Å². The average molecular weight is 639 g/mol. The summed E-state index contributed by atoms with van der Waals surface area (Å²) in [6, 6.07) is 19.2. The molecule has 5 N–H and O–H groups in total. The maximum absolute atomic E-state index is 12.4. The number of amides is 2. The van der Waals surface area contributed by atoms with E-state index in [-0.39, 0.29) is 41.9 Å². The van der Waals surface area contributed by atoms with Gasteiger partial charge >= 0.3 is 6.09 Å². The van der Waals surface area contributed by atoms with Crippen LogP contribution in [0.5, 0.6) is 0 Å². The molecular weight excluding hydrogens is 608 g/mol. The van der Waals surface area contributed by atoms with E-state index in [2.05, 4.69) is 25.4 Å². The lowest BCUT2D eigenvalue weighted by atomic mass is 10.1. The molecular formula is C28H30N8O8S. The van der Waals surface area contributed by atoms with Crippen LogP contribution in [0.3, 0.4) is 0 Å². The molecule has 0 saturated heterocycles. The summed E-state index contributed by atoms with van der Waals surface area (Å²) in [5, 5.41) is 29.4.